The van der Waals surface area contributed by atoms with Crippen LogP contribution in [0.1, 0.15) is 32.6 Å². The van der Waals surface area contributed by atoms with Gasteiger partial charge in [0.2, 0.25) is 0 Å². The molecular formula is C14H21NO2. The van der Waals surface area contributed by atoms with Crippen molar-refractivity contribution in [1.29, 1.82) is 0 Å². The fourth-order valence-corrected chi connectivity index (χ4v) is 2.36. The Morgan fingerprint density at radius 1 is 1.47 bits per heavy atom. The van der Waals surface area contributed by atoms with Gasteiger partial charge in [-0.1, -0.05) is 12.5 Å². The number of piperidine rings is 1. The van der Waals surface area contributed by atoms with E-state index in [1.807, 2.05) is 6.07 Å². The second-order valence-corrected chi connectivity index (χ2v) is 4.81. The summed E-state index contributed by atoms with van der Waals surface area (Å²) in [7, 11) is 0. The van der Waals surface area contributed by atoms with Crippen molar-refractivity contribution in [3.05, 3.63) is 24.3 Å². The third kappa shape index (κ3) is 3.93. The minimum absolute atomic E-state index is 0.174. The van der Waals surface area contributed by atoms with Crippen molar-refractivity contribution in [1.82, 2.24) is 5.32 Å². The number of phenols is 1. The molecule has 0 aliphatic carbocycles. The number of hydrogen-bond donors (Lipinski definition) is 2. The highest BCUT2D eigenvalue weighted by Crippen LogP contribution is 2.21. The summed E-state index contributed by atoms with van der Waals surface area (Å²) in [5.74, 6) is 0.999. The molecule has 1 aromatic rings. The maximum atomic E-state index is 9.36. The zero-order valence-electron chi connectivity index (χ0n) is 10.4. The molecule has 3 nitrogen and oxygen atoms in total. The van der Waals surface area contributed by atoms with Crippen LogP contribution in [-0.2, 0) is 0 Å². The van der Waals surface area contributed by atoms with Gasteiger partial charge in [-0.15, -0.1) is 0 Å². The van der Waals surface area contributed by atoms with E-state index in [4.69, 9.17) is 4.74 Å². The molecule has 1 aliphatic rings. The SMILES string of the molecule is CC(CC1CCCCN1)Oc1cccc(O)c1. The van der Waals surface area contributed by atoms with Gasteiger partial charge in [0.15, 0.2) is 0 Å². The third-order valence-electron chi connectivity index (χ3n) is 3.18. The van der Waals surface area contributed by atoms with Crippen LogP contribution in [0.2, 0.25) is 0 Å². The van der Waals surface area contributed by atoms with Crippen LogP contribution in [0.15, 0.2) is 24.3 Å². The molecule has 0 aromatic heterocycles. The minimum atomic E-state index is 0.174. The molecule has 0 saturated carbocycles. The van der Waals surface area contributed by atoms with Gasteiger partial charge in [-0.05, 0) is 44.9 Å². The first-order valence-electron chi connectivity index (χ1n) is 6.43. The van der Waals surface area contributed by atoms with Crippen LogP contribution in [0.5, 0.6) is 11.5 Å². The van der Waals surface area contributed by atoms with Crippen LogP contribution in [-0.4, -0.2) is 23.8 Å². The highest BCUT2D eigenvalue weighted by Gasteiger charge is 2.16. The number of aromatic hydroxyl groups is 1. The quantitative estimate of drug-likeness (QED) is 0.843. The van der Waals surface area contributed by atoms with Crippen LogP contribution >= 0.6 is 0 Å². The first-order chi connectivity index (χ1) is 8.24. The minimum Gasteiger partial charge on any atom is -0.508 e. The first-order valence-corrected chi connectivity index (χ1v) is 6.43. The Morgan fingerprint density at radius 3 is 3.06 bits per heavy atom. The second-order valence-electron chi connectivity index (χ2n) is 4.81. The predicted octanol–water partition coefficient (Wildman–Crippen LogP) is 2.69. The van der Waals surface area contributed by atoms with E-state index >= 15 is 0 Å². The Bertz CT molecular complexity index is 348. The molecule has 2 atom stereocenters. The van der Waals surface area contributed by atoms with E-state index < -0.39 is 0 Å². The molecule has 94 valence electrons. The number of nitrogens with one attached hydrogen (secondary N) is 1. The van der Waals surface area contributed by atoms with Crippen molar-refractivity contribution in [2.75, 3.05) is 6.54 Å². The summed E-state index contributed by atoms with van der Waals surface area (Å²) < 4.78 is 5.80. The van der Waals surface area contributed by atoms with E-state index in [0.29, 0.717) is 6.04 Å². The summed E-state index contributed by atoms with van der Waals surface area (Å²) in [6.45, 7) is 3.21. The molecule has 1 aromatic carbocycles. The lowest BCUT2D eigenvalue weighted by atomic mass is 10.00. The molecule has 2 N–H and O–H groups in total. The fourth-order valence-electron chi connectivity index (χ4n) is 2.36. The van der Waals surface area contributed by atoms with Crippen LogP contribution in [0.4, 0.5) is 0 Å². The largest absolute Gasteiger partial charge is 0.508 e. The lowest BCUT2D eigenvalue weighted by molar-refractivity contribution is 0.183. The number of rotatable bonds is 4. The van der Waals surface area contributed by atoms with Crippen molar-refractivity contribution in [2.45, 2.75) is 44.8 Å². The summed E-state index contributed by atoms with van der Waals surface area (Å²) in [5, 5.41) is 12.9. The molecule has 17 heavy (non-hydrogen) atoms. The summed E-state index contributed by atoms with van der Waals surface area (Å²) in [4.78, 5) is 0. The summed E-state index contributed by atoms with van der Waals surface area (Å²) >= 11 is 0. The van der Waals surface area contributed by atoms with Crippen molar-refractivity contribution >= 4 is 0 Å². The van der Waals surface area contributed by atoms with Crippen LogP contribution < -0.4 is 10.1 Å². The topological polar surface area (TPSA) is 41.5 Å². The zero-order valence-corrected chi connectivity index (χ0v) is 10.4. The molecular weight excluding hydrogens is 214 g/mol. The average molecular weight is 235 g/mol. The van der Waals surface area contributed by atoms with E-state index in [9.17, 15) is 5.11 Å². The monoisotopic (exact) mass is 235 g/mol. The summed E-state index contributed by atoms with van der Waals surface area (Å²) in [5.41, 5.74) is 0. The van der Waals surface area contributed by atoms with E-state index in [1.165, 1.54) is 19.3 Å². The van der Waals surface area contributed by atoms with Gasteiger partial charge in [0, 0.05) is 12.1 Å². The van der Waals surface area contributed by atoms with Gasteiger partial charge in [0.1, 0.15) is 11.5 Å². The van der Waals surface area contributed by atoms with Gasteiger partial charge in [0.05, 0.1) is 6.10 Å². The molecule has 1 aliphatic heterocycles. The molecule has 1 heterocycles. The zero-order chi connectivity index (χ0) is 12.1. The Hall–Kier alpha value is -1.22. The highest BCUT2D eigenvalue weighted by molar-refractivity contribution is 5.31. The lowest BCUT2D eigenvalue weighted by Crippen LogP contribution is -2.37. The Labute approximate surface area is 103 Å². The number of phenolic OH excluding ortho intramolecular Hbond substituents is 1. The third-order valence-corrected chi connectivity index (χ3v) is 3.18. The van der Waals surface area contributed by atoms with E-state index in [2.05, 4.69) is 12.2 Å². The maximum absolute atomic E-state index is 9.36. The molecule has 0 radical (unpaired) electrons. The Morgan fingerprint density at radius 2 is 2.35 bits per heavy atom. The van der Waals surface area contributed by atoms with Gasteiger partial charge in [-0.25, -0.2) is 0 Å². The summed E-state index contributed by atoms with van der Waals surface area (Å²) in [6, 6.07) is 7.57. The number of benzene rings is 1. The van der Waals surface area contributed by atoms with E-state index in [1.54, 1.807) is 18.2 Å². The molecule has 1 saturated heterocycles. The van der Waals surface area contributed by atoms with Gasteiger partial charge in [-0.2, -0.15) is 0 Å². The molecule has 2 unspecified atom stereocenters. The molecule has 0 spiro atoms. The molecule has 0 bridgehead atoms. The van der Waals surface area contributed by atoms with Crippen molar-refractivity contribution < 1.29 is 9.84 Å². The van der Waals surface area contributed by atoms with Crippen LogP contribution in [0.25, 0.3) is 0 Å². The maximum Gasteiger partial charge on any atom is 0.123 e. The molecule has 1 fully saturated rings. The van der Waals surface area contributed by atoms with Crippen molar-refractivity contribution in [2.24, 2.45) is 0 Å². The molecule has 2 rings (SSSR count). The van der Waals surface area contributed by atoms with Gasteiger partial charge < -0.3 is 15.2 Å². The fraction of sp³-hybridized carbons (Fsp3) is 0.571. The Balaban J connectivity index is 1.82. The smallest absolute Gasteiger partial charge is 0.123 e. The van der Waals surface area contributed by atoms with Crippen molar-refractivity contribution in [3.8, 4) is 11.5 Å². The van der Waals surface area contributed by atoms with E-state index in [-0.39, 0.29) is 11.9 Å². The predicted molar refractivity (Wildman–Crippen MR) is 68.5 cm³/mol. The van der Waals surface area contributed by atoms with Gasteiger partial charge >= 0.3 is 0 Å². The summed E-state index contributed by atoms with van der Waals surface area (Å²) in [6.07, 6.45) is 5.05. The van der Waals surface area contributed by atoms with Crippen molar-refractivity contribution in [3.63, 3.8) is 0 Å². The van der Waals surface area contributed by atoms with Crippen LogP contribution in [0.3, 0.4) is 0 Å². The average Bonchev–Trinajstić information content (AvgIpc) is 2.30. The second kappa shape index (κ2) is 5.92. The first kappa shape index (κ1) is 12.2. The Kier molecular flexibility index (Phi) is 4.26. The van der Waals surface area contributed by atoms with Gasteiger partial charge in [0.25, 0.3) is 0 Å². The molecule has 0 amide bonds. The molecule has 3 heteroatoms. The number of hydrogen-bond acceptors (Lipinski definition) is 3. The number of ether oxygens (including phenoxy) is 1. The normalized spacial score (nSPS) is 22.1. The standard InChI is InChI=1S/C14H21NO2/c1-11(9-12-5-2-3-8-15-12)17-14-7-4-6-13(16)10-14/h4,6-7,10-12,15-16H,2-3,5,8-9H2,1H3. The van der Waals surface area contributed by atoms with E-state index in [0.717, 1.165) is 18.7 Å². The highest BCUT2D eigenvalue weighted by atomic mass is 16.5. The lowest BCUT2D eigenvalue weighted by Gasteiger charge is -2.26. The van der Waals surface area contributed by atoms with Gasteiger partial charge in [-0.3, -0.25) is 0 Å². The van der Waals surface area contributed by atoms with Crippen LogP contribution in [0, 0.1) is 0 Å².